The van der Waals surface area contributed by atoms with Gasteiger partial charge in [0.25, 0.3) is 5.91 Å². The van der Waals surface area contributed by atoms with Gasteiger partial charge in [0.1, 0.15) is 5.75 Å². The Bertz CT molecular complexity index is 1000. The summed E-state index contributed by atoms with van der Waals surface area (Å²) in [6.07, 6.45) is 0. The fraction of sp³-hybridized carbons (Fsp3) is 0.222. The van der Waals surface area contributed by atoms with Crippen molar-refractivity contribution in [3.63, 3.8) is 0 Å². The van der Waals surface area contributed by atoms with E-state index in [4.69, 9.17) is 16.3 Å². The third-order valence-corrected chi connectivity index (χ3v) is 6.34. The monoisotopic (exact) mass is 408 g/mol. The van der Waals surface area contributed by atoms with Crippen LogP contribution in [0.25, 0.3) is 0 Å². The van der Waals surface area contributed by atoms with Crippen molar-refractivity contribution in [1.82, 2.24) is 0 Å². The van der Waals surface area contributed by atoms with Crippen molar-refractivity contribution in [3.05, 3.63) is 53.1 Å². The standard InChI is InChI=1S/C18H17ClN2O5S/c1-11-10-27(24,25)21(18(11)23)13-5-8-16(19)15(9-13)17(22)20-12-3-6-14(26-2)7-4-12/h3-9,11H,10H2,1-2H3,(H,20,22). The molecule has 1 aliphatic heterocycles. The highest BCUT2D eigenvalue weighted by atomic mass is 35.5. The summed E-state index contributed by atoms with van der Waals surface area (Å²) < 4.78 is 30.3. The average Bonchev–Trinajstić information content (AvgIpc) is 2.83. The van der Waals surface area contributed by atoms with Crippen molar-refractivity contribution in [2.45, 2.75) is 6.92 Å². The zero-order valence-corrected chi connectivity index (χ0v) is 16.2. The first-order valence-corrected chi connectivity index (χ1v) is 10.0. The van der Waals surface area contributed by atoms with Crippen LogP contribution in [0.15, 0.2) is 42.5 Å². The predicted molar refractivity (Wildman–Crippen MR) is 103 cm³/mol. The lowest BCUT2D eigenvalue weighted by molar-refractivity contribution is -0.119. The van der Waals surface area contributed by atoms with Gasteiger partial charge >= 0.3 is 0 Å². The lowest BCUT2D eigenvalue weighted by Crippen LogP contribution is -2.30. The van der Waals surface area contributed by atoms with E-state index in [1.807, 2.05) is 0 Å². The lowest BCUT2D eigenvalue weighted by Gasteiger charge is -2.17. The van der Waals surface area contributed by atoms with Gasteiger partial charge in [-0.05, 0) is 42.5 Å². The molecule has 0 aliphatic carbocycles. The van der Waals surface area contributed by atoms with E-state index in [2.05, 4.69) is 5.32 Å². The first-order valence-electron chi connectivity index (χ1n) is 8.05. The number of anilines is 2. The van der Waals surface area contributed by atoms with E-state index < -0.39 is 27.8 Å². The molecular weight excluding hydrogens is 392 g/mol. The van der Waals surface area contributed by atoms with Crippen molar-refractivity contribution < 1.29 is 22.7 Å². The summed E-state index contributed by atoms with van der Waals surface area (Å²) >= 11 is 6.11. The van der Waals surface area contributed by atoms with Crippen molar-refractivity contribution in [2.75, 3.05) is 22.5 Å². The second-order valence-electron chi connectivity index (χ2n) is 6.13. The molecule has 142 valence electrons. The molecule has 2 aromatic carbocycles. The number of halogens is 1. The Labute approximate surface area is 161 Å². The average molecular weight is 409 g/mol. The summed E-state index contributed by atoms with van der Waals surface area (Å²) in [6.45, 7) is 1.55. The highest BCUT2D eigenvalue weighted by molar-refractivity contribution is 7.94. The quantitative estimate of drug-likeness (QED) is 0.839. The second-order valence-corrected chi connectivity index (χ2v) is 8.40. The molecule has 0 radical (unpaired) electrons. The molecule has 1 aliphatic rings. The third-order valence-electron chi connectivity index (χ3n) is 4.14. The maximum atomic E-state index is 12.6. The van der Waals surface area contributed by atoms with Gasteiger partial charge in [0, 0.05) is 5.69 Å². The van der Waals surface area contributed by atoms with E-state index in [1.54, 1.807) is 31.2 Å². The number of benzene rings is 2. The number of carbonyl (C=O) groups excluding carboxylic acids is 2. The Morgan fingerprint density at radius 1 is 1.22 bits per heavy atom. The largest absolute Gasteiger partial charge is 0.497 e. The molecule has 0 spiro atoms. The number of hydrogen-bond donors (Lipinski definition) is 1. The first-order chi connectivity index (χ1) is 12.7. The minimum Gasteiger partial charge on any atom is -0.497 e. The molecule has 2 aromatic rings. The highest BCUT2D eigenvalue weighted by Gasteiger charge is 2.42. The minimum absolute atomic E-state index is 0.0625. The summed E-state index contributed by atoms with van der Waals surface area (Å²) in [6, 6.07) is 10.8. The van der Waals surface area contributed by atoms with Crippen LogP contribution in [0, 0.1) is 5.92 Å². The van der Waals surface area contributed by atoms with Gasteiger partial charge in [-0.1, -0.05) is 18.5 Å². The zero-order chi connectivity index (χ0) is 19.8. The molecule has 3 rings (SSSR count). The number of hydrogen-bond acceptors (Lipinski definition) is 5. The molecule has 1 fully saturated rings. The van der Waals surface area contributed by atoms with Crippen LogP contribution in [0.1, 0.15) is 17.3 Å². The van der Waals surface area contributed by atoms with Crippen molar-refractivity contribution in [3.8, 4) is 5.75 Å². The molecule has 0 bridgehead atoms. The molecule has 7 nitrogen and oxygen atoms in total. The maximum Gasteiger partial charge on any atom is 0.257 e. The molecule has 1 heterocycles. The number of sulfonamides is 1. The summed E-state index contributed by atoms with van der Waals surface area (Å²) in [7, 11) is -2.23. The summed E-state index contributed by atoms with van der Waals surface area (Å²) in [5, 5.41) is 2.82. The van der Waals surface area contributed by atoms with Crippen LogP contribution >= 0.6 is 11.6 Å². The molecule has 0 aromatic heterocycles. The molecule has 9 heteroatoms. The van der Waals surface area contributed by atoms with Crippen LogP contribution in [0.2, 0.25) is 5.02 Å². The van der Waals surface area contributed by atoms with Gasteiger partial charge < -0.3 is 10.1 Å². The molecule has 1 N–H and O–H groups in total. The molecule has 27 heavy (non-hydrogen) atoms. The maximum absolute atomic E-state index is 12.6. The van der Waals surface area contributed by atoms with Gasteiger partial charge in [-0.2, -0.15) is 0 Å². The highest BCUT2D eigenvalue weighted by Crippen LogP contribution is 2.31. The smallest absolute Gasteiger partial charge is 0.257 e. The molecule has 0 saturated carbocycles. The topological polar surface area (TPSA) is 92.8 Å². The van der Waals surface area contributed by atoms with E-state index >= 15 is 0 Å². The number of carbonyl (C=O) groups is 2. The van der Waals surface area contributed by atoms with Crippen molar-refractivity contribution in [1.29, 1.82) is 0 Å². The summed E-state index contributed by atoms with van der Waals surface area (Å²) in [4.78, 5) is 24.8. The van der Waals surface area contributed by atoms with Crippen LogP contribution in [0.3, 0.4) is 0 Å². The minimum atomic E-state index is -3.77. The summed E-state index contributed by atoms with van der Waals surface area (Å²) in [5.41, 5.74) is 0.668. The van der Waals surface area contributed by atoms with Gasteiger partial charge in [0.15, 0.2) is 0 Å². The molecule has 1 unspecified atom stereocenters. The van der Waals surface area contributed by atoms with Crippen LogP contribution in [0.5, 0.6) is 5.75 Å². The third kappa shape index (κ3) is 3.77. The Morgan fingerprint density at radius 3 is 2.44 bits per heavy atom. The van der Waals surface area contributed by atoms with E-state index in [0.29, 0.717) is 11.4 Å². The van der Waals surface area contributed by atoms with Gasteiger partial charge in [-0.25, -0.2) is 12.7 Å². The zero-order valence-electron chi connectivity index (χ0n) is 14.6. The van der Waals surface area contributed by atoms with Gasteiger partial charge in [0.05, 0.1) is 35.1 Å². The number of ether oxygens (including phenoxy) is 1. The number of methoxy groups -OCH3 is 1. The number of rotatable bonds is 4. The van der Waals surface area contributed by atoms with Gasteiger partial charge in [-0.3, -0.25) is 9.59 Å². The van der Waals surface area contributed by atoms with E-state index in [0.717, 1.165) is 4.31 Å². The van der Waals surface area contributed by atoms with E-state index in [1.165, 1.54) is 25.3 Å². The number of nitrogens with zero attached hydrogens (tertiary/aromatic N) is 1. The van der Waals surface area contributed by atoms with Crippen molar-refractivity contribution >= 4 is 44.8 Å². The second kappa shape index (κ2) is 7.21. The molecule has 2 amide bonds. The van der Waals surface area contributed by atoms with Crippen LogP contribution in [0.4, 0.5) is 11.4 Å². The Balaban J connectivity index is 1.91. The molecule has 1 saturated heterocycles. The molecular formula is C18H17ClN2O5S. The van der Waals surface area contributed by atoms with Crippen molar-refractivity contribution in [2.24, 2.45) is 5.92 Å². The van der Waals surface area contributed by atoms with Crippen LogP contribution < -0.4 is 14.4 Å². The van der Waals surface area contributed by atoms with E-state index in [9.17, 15) is 18.0 Å². The van der Waals surface area contributed by atoms with Crippen LogP contribution in [-0.4, -0.2) is 33.1 Å². The normalized spacial score (nSPS) is 18.4. The number of amides is 2. The number of nitrogens with one attached hydrogen (secondary N) is 1. The van der Waals surface area contributed by atoms with Crippen LogP contribution in [-0.2, 0) is 14.8 Å². The fourth-order valence-electron chi connectivity index (χ4n) is 2.77. The fourth-order valence-corrected chi connectivity index (χ4v) is 4.79. The van der Waals surface area contributed by atoms with Gasteiger partial charge in [-0.15, -0.1) is 0 Å². The van der Waals surface area contributed by atoms with Gasteiger partial charge in [0.2, 0.25) is 15.9 Å². The Hall–Kier alpha value is -2.58. The molecule has 1 atom stereocenters. The summed E-state index contributed by atoms with van der Waals surface area (Å²) in [5.74, 6) is -1.31. The predicted octanol–water partition coefficient (Wildman–Crippen LogP) is 2.91. The lowest BCUT2D eigenvalue weighted by atomic mass is 10.1. The first kappa shape index (κ1) is 19.2. The SMILES string of the molecule is COc1ccc(NC(=O)c2cc(N3C(=O)C(C)CS3(=O)=O)ccc2Cl)cc1. The Kier molecular flexibility index (Phi) is 5.12. The Morgan fingerprint density at radius 2 is 1.89 bits per heavy atom. The van der Waals surface area contributed by atoms with E-state index in [-0.39, 0.29) is 22.0 Å².